The second-order valence-electron chi connectivity index (χ2n) is 5.89. The van der Waals surface area contributed by atoms with Crippen LogP contribution in [0.5, 0.6) is 0 Å². The highest BCUT2D eigenvalue weighted by Crippen LogP contribution is 2.36. The first-order chi connectivity index (χ1) is 7.91. The van der Waals surface area contributed by atoms with E-state index >= 15 is 0 Å². The molecular formula is C15H20O2. The average molecular weight is 232 g/mol. The van der Waals surface area contributed by atoms with Crippen molar-refractivity contribution in [2.45, 2.75) is 46.5 Å². The van der Waals surface area contributed by atoms with E-state index in [-0.39, 0.29) is 5.41 Å². The fourth-order valence-corrected chi connectivity index (χ4v) is 2.85. The molecule has 1 aliphatic carbocycles. The zero-order valence-corrected chi connectivity index (χ0v) is 10.8. The number of benzene rings is 1. The van der Waals surface area contributed by atoms with Crippen LogP contribution in [0.2, 0.25) is 0 Å². The van der Waals surface area contributed by atoms with Gasteiger partial charge >= 0.3 is 5.97 Å². The van der Waals surface area contributed by atoms with Gasteiger partial charge in [-0.1, -0.05) is 19.9 Å². The fraction of sp³-hybridized carbons (Fsp3) is 0.533. The Labute approximate surface area is 103 Å². The Morgan fingerprint density at radius 1 is 1.29 bits per heavy atom. The minimum absolute atomic E-state index is 0.285. The highest BCUT2D eigenvalue weighted by molar-refractivity contribution is 5.90. The van der Waals surface area contributed by atoms with E-state index in [0.717, 1.165) is 24.8 Å². The van der Waals surface area contributed by atoms with Crippen LogP contribution in [0.25, 0.3) is 0 Å². The highest BCUT2D eigenvalue weighted by Gasteiger charge is 2.26. The Bertz CT molecular complexity index is 458. The highest BCUT2D eigenvalue weighted by atomic mass is 16.4. The van der Waals surface area contributed by atoms with Crippen LogP contribution in [0, 0.1) is 12.3 Å². The largest absolute Gasteiger partial charge is 0.478 e. The fourth-order valence-electron chi connectivity index (χ4n) is 2.85. The smallest absolute Gasteiger partial charge is 0.335 e. The van der Waals surface area contributed by atoms with Gasteiger partial charge in [-0.15, -0.1) is 0 Å². The predicted molar refractivity (Wildman–Crippen MR) is 68.6 cm³/mol. The first-order valence-electron chi connectivity index (χ1n) is 6.25. The monoisotopic (exact) mass is 232 g/mol. The number of hydrogen-bond acceptors (Lipinski definition) is 1. The van der Waals surface area contributed by atoms with Crippen molar-refractivity contribution in [3.63, 3.8) is 0 Å². The number of carbonyl (C=O) groups is 1. The summed E-state index contributed by atoms with van der Waals surface area (Å²) in [4.78, 5) is 11.3. The van der Waals surface area contributed by atoms with Gasteiger partial charge in [-0.05, 0) is 60.8 Å². The van der Waals surface area contributed by atoms with E-state index in [9.17, 15) is 9.90 Å². The molecule has 0 spiro atoms. The number of fused-ring (bicyclic) bond motifs is 1. The van der Waals surface area contributed by atoms with E-state index in [1.54, 1.807) is 6.07 Å². The van der Waals surface area contributed by atoms with Gasteiger partial charge in [0.15, 0.2) is 0 Å². The molecule has 0 bridgehead atoms. The molecule has 0 amide bonds. The molecule has 1 aliphatic rings. The summed E-state index contributed by atoms with van der Waals surface area (Å²) in [5.41, 5.74) is 4.37. The maximum absolute atomic E-state index is 11.3. The number of aromatic carboxylic acids is 1. The van der Waals surface area contributed by atoms with Crippen molar-refractivity contribution in [1.29, 1.82) is 0 Å². The van der Waals surface area contributed by atoms with E-state index in [0.29, 0.717) is 5.56 Å². The quantitative estimate of drug-likeness (QED) is 0.751. The van der Waals surface area contributed by atoms with Crippen LogP contribution in [0.3, 0.4) is 0 Å². The van der Waals surface area contributed by atoms with Crippen LogP contribution in [0.15, 0.2) is 12.1 Å². The lowest BCUT2D eigenvalue weighted by Crippen LogP contribution is -2.14. The molecule has 2 heteroatoms. The number of hydrogen-bond donors (Lipinski definition) is 1. The normalized spacial score (nSPS) is 18.3. The van der Waals surface area contributed by atoms with Crippen molar-refractivity contribution in [1.82, 2.24) is 0 Å². The summed E-state index contributed by atoms with van der Waals surface area (Å²) in [5, 5.41) is 9.25. The molecule has 1 N–H and O–H groups in total. The lowest BCUT2D eigenvalue weighted by Gasteiger charge is -2.23. The number of rotatable bonds is 1. The van der Waals surface area contributed by atoms with Gasteiger partial charge < -0.3 is 5.11 Å². The standard InChI is InChI=1S/C15H20O2/c1-10-6-7-12(14(16)17)11-5-4-8-15(2,3)9-13(10)11/h6-7H,4-5,8-9H2,1-3H3,(H,16,17). The summed E-state index contributed by atoms with van der Waals surface area (Å²) in [6.07, 6.45) is 4.15. The molecule has 1 aromatic rings. The molecule has 0 fully saturated rings. The van der Waals surface area contributed by atoms with Crippen molar-refractivity contribution in [2.24, 2.45) is 5.41 Å². The zero-order chi connectivity index (χ0) is 12.6. The van der Waals surface area contributed by atoms with Crippen molar-refractivity contribution < 1.29 is 9.90 Å². The van der Waals surface area contributed by atoms with Gasteiger partial charge in [0, 0.05) is 0 Å². The molecule has 0 saturated heterocycles. The summed E-state index contributed by atoms with van der Waals surface area (Å²) in [6, 6.07) is 3.71. The maximum atomic E-state index is 11.3. The van der Waals surface area contributed by atoms with Gasteiger partial charge in [-0.2, -0.15) is 0 Å². The van der Waals surface area contributed by atoms with Gasteiger partial charge in [0.1, 0.15) is 0 Å². The SMILES string of the molecule is Cc1ccc(C(=O)O)c2c1CC(C)(C)CCC2. The molecule has 0 radical (unpaired) electrons. The Morgan fingerprint density at radius 2 is 2.00 bits per heavy atom. The summed E-state index contributed by atoms with van der Waals surface area (Å²) >= 11 is 0. The van der Waals surface area contributed by atoms with E-state index in [1.165, 1.54) is 17.5 Å². The molecule has 92 valence electrons. The lowest BCUT2D eigenvalue weighted by atomic mass is 9.82. The van der Waals surface area contributed by atoms with Crippen LogP contribution in [-0.4, -0.2) is 11.1 Å². The molecule has 2 nitrogen and oxygen atoms in total. The number of carboxylic acid groups (broad SMARTS) is 1. The van der Waals surface area contributed by atoms with Gasteiger partial charge in [0.2, 0.25) is 0 Å². The van der Waals surface area contributed by atoms with Gasteiger partial charge in [-0.25, -0.2) is 4.79 Å². The molecule has 0 heterocycles. The summed E-state index contributed by atoms with van der Waals surface area (Å²) in [7, 11) is 0. The van der Waals surface area contributed by atoms with Crippen LogP contribution < -0.4 is 0 Å². The van der Waals surface area contributed by atoms with Gasteiger partial charge in [0.25, 0.3) is 0 Å². The number of aryl methyl sites for hydroxylation is 1. The van der Waals surface area contributed by atoms with Crippen LogP contribution in [0.4, 0.5) is 0 Å². The van der Waals surface area contributed by atoms with E-state index < -0.39 is 5.97 Å². The Hall–Kier alpha value is -1.31. The minimum atomic E-state index is -0.791. The van der Waals surface area contributed by atoms with Crippen LogP contribution in [0.1, 0.15) is 53.7 Å². The zero-order valence-electron chi connectivity index (χ0n) is 10.8. The molecule has 0 atom stereocenters. The second-order valence-corrected chi connectivity index (χ2v) is 5.89. The van der Waals surface area contributed by atoms with E-state index in [4.69, 9.17) is 0 Å². The van der Waals surface area contributed by atoms with Crippen LogP contribution >= 0.6 is 0 Å². The molecular weight excluding hydrogens is 212 g/mol. The Kier molecular flexibility index (Phi) is 2.98. The Balaban J connectivity index is 2.57. The van der Waals surface area contributed by atoms with Gasteiger partial charge in [0.05, 0.1) is 5.56 Å². The number of carboxylic acids is 1. The lowest BCUT2D eigenvalue weighted by molar-refractivity contribution is 0.0695. The maximum Gasteiger partial charge on any atom is 0.335 e. The summed E-state index contributed by atoms with van der Waals surface area (Å²) in [5.74, 6) is -0.791. The third-order valence-corrected chi connectivity index (χ3v) is 3.83. The molecule has 1 aromatic carbocycles. The third-order valence-electron chi connectivity index (χ3n) is 3.83. The molecule has 0 unspecified atom stereocenters. The van der Waals surface area contributed by atoms with Gasteiger partial charge in [-0.3, -0.25) is 0 Å². The molecule has 0 saturated carbocycles. The molecule has 0 aromatic heterocycles. The molecule has 17 heavy (non-hydrogen) atoms. The van der Waals surface area contributed by atoms with E-state index in [2.05, 4.69) is 20.8 Å². The second kappa shape index (κ2) is 4.17. The summed E-state index contributed by atoms with van der Waals surface area (Å²) < 4.78 is 0. The first-order valence-corrected chi connectivity index (χ1v) is 6.25. The summed E-state index contributed by atoms with van der Waals surface area (Å²) in [6.45, 7) is 6.63. The van der Waals surface area contributed by atoms with Crippen LogP contribution in [-0.2, 0) is 12.8 Å². The molecule has 2 rings (SSSR count). The minimum Gasteiger partial charge on any atom is -0.478 e. The van der Waals surface area contributed by atoms with Crippen molar-refractivity contribution in [3.05, 3.63) is 34.4 Å². The van der Waals surface area contributed by atoms with Crippen molar-refractivity contribution >= 4 is 5.97 Å². The third kappa shape index (κ3) is 2.36. The predicted octanol–water partition coefficient (Wildman–Crippen LogP) is 3.60. The first kappa shape index (κ1) is 12.2. The Morgan fingerprint density at radius 3 is 2.65 bits per heavy atom. The van der Waals surface area contributed by atoms with Crippen molar-refractivity contribution in [3.8, 4) is 0 Å². The molecule has 0 aliphatic heterocycles. The topological polar surface area (TPSA) is 37.3 Å². The van der Waals surface area contributed by atoms with E-state index in [1.807, 2.05) is 6.07 Å². The average Bonchev–Trinajstić information content (AvgIpc) is 2.37. The van der Waals surface area contributed by atoms with Crippen molar-refractivity contribution in [2.75, 3.05) is 0 Å².